The average molecular weight is 580 g/mol. The summed E-state index contributed by atoms with van der Waals surface area (Å²) in [5, 5.41) is 27.0. The van der Waals surface area contributed by atoms with Crippen molar-refractivity contribution in [2.24, 2.45) is 5.16 Å². The molecule has 0 spiro atoms. The summed E-state index contributed by atoms with van der Waals surface area (Å²) in [5.74, 6) is -1.98. The fraction of sp³-hybridized carbons (Fsp3) is 0.185. The Balaban J connectivity index is 1.29. The van der Waals surface area contributed by atoms with Crippen LogP contribution in [0.1, 0.15) is 11.3 Å². The molecule has 1 fully saturated rings. The van der Waals surface area contributed by atoms with Crippen LogP contribution in [0.2, 0.25) is 0 Å². The molecule has 3 N–H and O–H groups in total. The molecule has 2 atom stereocenters. The number of carboxylic acid groups (broad SMARTS) is 1. The smallest absolute Gasteiger partial charge is 0.353 e. The Kier molecular flexibility index (Phi) is 6.78. The average Bonchev–Trinajstić information content (AvgIpc) is 3.62. The summed E-state index contributed by atoms with van der Waals surface area (Å²) in [6.07, 6.45) is 1.38. The highest BCUT2D eigenvalue weighted by atomic mass is 32.2. The molecule has 2 amide bonds. The normalized spacial score (nSPS) is 19.1. The van der Waals surface area contributed by atoms with E-state index in [0.717, 1.165) is 15.7 Å². The number of hydrogen-bond acceptors (Lipinski definition) is 10. The summed E-state index contributed by atoms with van der Waals surface area (Å²) >= 11 is 2.62. The predicted octanol–water partition coefficient (Wildman–Crippen LogP) is 3.51. The van der Waals surface area contributed by atoms with Crippen LogP contribution in [-0.4, -0.2) is 62.9 Å². The van der Waals surface area contributed by atoms with Gasteiger partial charge in [-0.2, -0.15) is 0 Å². The molecule has 0 radical (unpaired) electrons. The van der Waals surface area contributed by atoms with E-state index in [-0.39, 0.29) is 23.8 Å². The van der Waals surface area contributed by atoms with Crippen LogP contribution in [0.3, 0.4) is 0 Å². The zero-order chi connectivity index (χ0) is 28.0. The van der Waals surface area contributed by atoms with Gasteiger partial charge in [0.25, 0.3) is 11.8 Å². The van der Waals surface area contributed by atoms with Gasteiger partial charge >= 0.3 is 5.97 Å². The third-order valence-corrected chi connectivity index (χ3v) is 9.12. The number of oxime groups is 1. The zero-order valence-electron chi connectivity index (χ0n) is 20.8. The second-order valence-electron chi connectivity index (χ2n) is 8.86. The van der Waals surface area contributed by atoms with E-state index in [1.165, 1.54) is 47.9 Å². The summed E-state index contributed by atoms with van der Waals surface area (Å²) in [5.41, 5.74) is 1.70. The lowest BCUT2D eigenvalue weighted by Gasteiger charge is -2.49. The SMILES string of the molecule is CON=C(C(=O)N[C@@H]1C(=O)N2C(C(=O)O)=C(Sc3cccc4oc5cc(CO)ccc5c34)CS[C@H]12)c1ccco1. The first kappa shape index (κ1) is 26.0. The molecule has 11 nitrogen and oxygen atoms in total. The summed E-state index contributed by atoms with van der Waals surface area (Å²) in [7, 11) is 1.28. The molecule has 0 aliphatic carbocycles. The van der Waals surface area contributed by atoms with Gasteiger partial charge in [-0.15, -0.1) is 11.8 Å². The molecule has 2 aromatic carbocycles. The maximum atomic E-state index is 13.2. The highest BCUT2D eigenvalue weighted by Gasteiger charge is 2.54. The molecule has 13 heteroatoms. The molecule has 2 aliphatic heterocycles. The van der Waals surface area contributed by atoms with E-state index >= 15 is 0 Å². The Labute approximate surface area is 234 Å². The van der Waals surface area contributed by atoms with Crippen molar-refractivity contribution in [3.63, 3.8) is 0 Å². The molecule has 0 unspecified atom stereocenters. The van der Waals surface area contributed by atoms with Crippen molar-refractivity contribution < 1.29 is 38.3 Å². The topological polar surface area (TPSA) is 155 Å². The molecule has 204 valence electrons. The second kappa shape index (κ2) is 10.4. The fourth-order valence-corrected chi connectivity index (χ4v) is 7.38. The summed E-state index contributed by atoms with van der Waals surface area (Å²) < 4.78 is 11.2. The number of carboxylic acids is 1. The number of nitrogens with one attached hydrogen (secondary N) is 1. The first-order chi connectivity index (χ1) is 19.4. The highest BCUT2D eigenvalue weighted by Crippen LogP contribution is 2.47. The molecule has 6 rings (SSSR count). The van der Waals surface area contributed by atoms with Crippen LogP contribution in [0.5, 0.6) is 0 Å². The fourth-order valence-electron chi connectivity index (χ4n) is 4.74. The minimum atomic E-state index is -1.24. The molecule has 0 bridgehead atoms. The van der Waals surface area contributed by atoms with Crippen molar-refractivity contribution in [3.05, 3.63) is 76.7 Å². The lowest BCUT2D eigenvalue weighted by atomic mass is 10.0. The van der Waals surface area contributed by atoms with Crippen LogP contribution in [0.25, 0.3) is 21.9 Å². The van der Waals surface area contributed by atoms with Crippen LogP contribution in [0.15, 0.2) is 84.3 Å². The van der Waals surface area contributed by atoms with Gasteiger partial charge in [0.2, 0.25) is 5.71 Å². The minimum absolute atomic E-state index is 0.115. The van der Waals surface area contributed by atoms with Gasteiger partial charge in [-0.25, -0.2) is 4.79 Å². The number of aliphatic hydroxyl groups is 1. The van der Waals surface area contributed by atoms with Gasteiger partial charge in [0, 0.05) is 26.3 Å². The van der Waals surface area contributed by atoms with E-state index in [9.17, 15) is 24.6 Å². The van der Waals surface area contributed by atoms with Gasteiger partial charge in [0.1, 0.15) is 35.4 Å². The van der Waals surface area contributed by atoms with Gasteiger partial charge < -0.3 is 29.2 Å². The maximum Gasteiger partial charge on any atom is 0.353 e. The first-order valence-corrected chi connectivity index (χ1v) is 13.9. The molecule has 1 saturated heterocycles. The monoisotopic (exact) mass is 579 g/mol. The van der Waals surface area contributed by atoms with E-state index in [1.54, 1.807) is 12.1 Å². The Morgan fingerprint density at radius 3 is 2.80 bits per heavy atom. The minimum Gasteiger partial charge on any atom is -0.477 e. The lowest BCUT2D eigenvalue weighted by molar-refractivity contribution is -0.150. The van der Waals surface area contributed by atoms with Crippen molar-refractivity contribution in [2.75, 3.05) is 12.9 Å². The quantitative estimate of drug-likeness (QED) is 0.160. The van der Waals surface area contributed by atoms with Crippen molar-refractivity contribution in [1.82, 2.24) is 10.2 Å². The number of furan rings is 2. The van der Waals surface area contributed by atoms with Crippen molar-refractivity contribution in [2.45, 2.75) is 22.9 Å². The van der Waals surface area contributed by atoms with Crippen LogP contribution >= 0.6 is 23.5 Å². The van der Waals surface area contributed by atoms with E-state index in [2.05, 4.69) is 10.5 Å². The number of carbonyl (C=O) groups excluding carboxylic acids is 2. The number of nitrogens with zero attached hydrogens (tertiary/aromatic N) is 2. The standard InChI is InChI=1S/C27H21N3O8S2/c1-36-29-21(16-5-3-9-37-16)24(32)28-22-25(33)30-23(27(34)35)19(12-39-26(22)30)40-18-6-2-4-15-20(18)14-8-7-13(11-31)10-17(14)38-15/h2-10,22,26,31H,11-12H2,1H3,(H,28,32)(H,34,35)/t22-,26-/m1/s1. The third kappa shape index (κ3) is 4.31. The number of rotatable bonds is 8. The van der Waals surface area contributed by atoms with Crippen molar-refractivity contribution >= 4 is 69.0 Å². The maximum absolute atomic E-state index is 13.2. The van der Waals surface area contributed by atoms with E-state index in [0.29, 0.717) is 27.4 Å². The molecule has 0 saturated carbocycles. The number of carbonyl (C=O) groups is 3. The van der Waals surface area contributed by atoms with Gasteiger partial charge in [-0.1, -0.05) is 35.1 Å². The van der Waals surface area contributed by atoms with Crippen LogP contribution < -0.4 is 5.32 Å². The third-order valence-electron chi connectivity index (χ3n) is 6.51. The van der Waals surface area contributed by atoms with Crippen molar-refractivity contribution in [3.8, 4) is 0 Å². The van der Waals surface area contributed by atoms with Gasteiger partial charge in [-0.05, 0) is 35.9 Å². The van der Waals surface area contributed by atoms with E-state index in [4.69, 9.17) is 13.7 Å². The van der Waals surface area contributed by atoms with Crippen molar-refractivity contribution in [1.29, 1.82) is 0 Å². The van der Waals surface area contributed by atoms with Crippen LogP contribution in [-0.2, 0) is 25.8 Å². The second-order valence-corrected chi connectivity index (χ2v) is 11.1. The van der Waals surface area contributed by atoms with Gasteiger partial charge in [0.15, 0.2) is 5.76 Å². The highest BCUT2D eigenvalue weighted by molar-refractivity contribution is 8.06. The van der Waals surface area contributed by atoms with Crippen LogP contribution in [0.4, 0.5) is 0 Å². The number of aliphatic carboxylic acids is 1. The predicted molar refractivity (Wildman–Crippen MR) is 147 cm³/mol. The number of hydrogen-bond donors (Lipinski definition) is 3. The molecular formula is C27H21N3O8S2. The number of benzene rings is 2. The summed E-state index contributed by atoms with van der Waals surface area (Å²) in [6.45, 7) is -0.115. The zero-order valence-corrected chi connectivity index (χ0v) is 22.5. The molecule has 2 aromatic heterocycles. The van der Waals surface area contributed by atoms with Crippen LogP contribution in [0, 0.1) is 0 Å². The van der Waals surface area contributed by atoms with E-state index < -0.39 is 29.2 Å². The number of aliphatic hydroxyl groups excluding tert-OH is 1. The number of thioether (sulfide) groups is 2. The number of amides is 2. The lowest BCUT2D eigenvalue weighted by Crippen LogP contribution is -2.71. The Hall–Kier alpha value is -4.20. The number of β-lactam (4-membered cyclic amide) rings is 1. The Bertz CT molecular complexity index is 1730. The van der Waals surface area contributed by atoms with Gasteiger partial charge in [0.05, 0.1) is 12.9 Å². The summed E-state index contributed by atoms with van der Waals surface area (Å²) in [6, 6.07) is 13.1. The molecule has 4 aromatic rings. The molecular weight excluding hydrogens is 558 g/mol. The first-order valence-electron chi connectivity index (χ1n) is 12.0. The Morgan fingerprint density at radius 1 is 1.23 bits per heavy atom. The molecule has 2 aliphatic rings. The number of fused-ring (bicyclic) bond motifs is 4. The largest absolute Gasteiger partial charge is 0.477 e. The Morgan fingerprint density at radius 2 is 2.08 bits per heavy atom. The van der Waals surface area contributed by atoms with Gasteiger partial charge in [-0.3, -0.25) is 14.5 Å². The molecule has 4 heterocycles. The van der Waals surface area contributed by atoms with E-state index in [1.807, 2.05) is 30.3 Å². The molecule has 40 heavy (non-hydrogen) atoms. The summed E-state index contributed by atoms with van der Waals surface area (Å²) in [4.78, 5) is 45.7.